The SMILES string of the molecule is COc1c(C)cnc(CSc2nnc(N3CCOCC3)n2CC(C)C)c1C. The number of pyridine rings is 1. The number of thioether (sulfide) groups is 1. The molecule has 3 rings (SSSR count). The maximum atomic E-state index is 5.53. The molecule has 0 spiro atoms. The molecule has 0 aromatic carbocycles. The Hall–Kier alpha value is -1.80. The maximum absolute atomic E-state index is 5.53. The Kier molecular flexibility index (Phi) is 6.59. The van der Waals surface area contributed by atoms with E-state index >= 15 is 0 Å². The molecule has 0 N–H and O–H groups in total. The first-order valence-electron chi connectivity index (χ1n) is 9.39. The van der Waals surface area contributed by atoms with E-state index in [1.165, 1.54) is 0 Å². The average Bonchev–Trinajstić information content (AvgIpc) is 3.04. The van der Waals surface area contributed by atoms with Crippen LogP contribution in [0.2, 0.25) is 0 Å². The molecule has 0 unspecified atom stereocenters. The summed E-state index contributed by atoms with van der Waals surface area (Å²) in [6, 6.07) is 0. The summed E-state index contributed by atoms with van der Waals surface area (Å²) in [7, 11) is 1.71. The van der Waals surface area contributed by atoms with Crippen molar-refractivity contribution in [1.29, 1.82) is 0 Å². The maximum Gasteiger partial charge on any atom is 0.228 e. The van der Waals surface area contributed by atoms with Crippen LogP contribution >= 0.6 is 11.8 Å². The van der Waals surface area contributed by atoms with Gasteiger partial charge in [0.1, 0.15) is 5.75 Å². The fraction of sp³-hybridized carbons (Fsp3) is 0.632. The first kappa shape index (κ1) is 19.9. The van der Waals surface area contributed by atoms with E-state index in [0.29, 0.717) is 5.92 Å². The third kappa shape index (κ3) is 4.55. The highest BCUT2D eigenvalue weighted by Gasteiger charge is 2.21. The number of aromatic nitrogens is 4. The van der Waals surface area contributed by atoms with Crippen molar-refractivity contribution in [2.24, 2.45) is 5.92 Å². The van der Waals surface area contributed by atoms with Crippen LogP contribution in [0.1, 0.15) is 30.7 Å². The molecular formula is C19H29N5O2S. The molecule has 148 valence electrons. The lowest BCUT2D eigenvalue weighted by Crippen LogP contribution is -2.38. The molecule has 1 fully saturated rings. The van der Waals surface area contributed by atoms with Gasteiger partial charge in [-0.1, -0.05) is 25.6 Å². The Bertz CT molecular complexity index is 772. The second kappa shape index (κ2) is 8.93. The van der Waals surface area contributed by atoms with E-state index in [-0.39, 0.29) is 0 Å². The molecule has 1 aliphatic heterocycles. The van der Waals surface area contributed by atoms with Crippen molar-refractivity contribution in [3.8, 4) is 5.75 Å². The van der Waals surface area contributed by atoms with Gasteiger partial charge in [-0.3, -0.25) is 9.55 Å². The van der Waals surface area contributed by atoms with Crippen molar-refractivity contribution in [2.45, 2.75) is 45.1 Å². The van der Waals surface area contributed by atoms with Crippen molar-refractivity contribution in [3.63, 3.8) is 0 Å². The largest absolute Gasteiger partial charge is 0.496 e. The summed E-state index contributed by atoms with van der Waals surface area (Å²) >= 11 is 1.68. The molecule has 0 atom stereocenters. The van der Waals surface area contributed by atoms with Crippen LogP contribution in [0.15, 0.2) is 11.4 Å². The average molecular weight is 392 g/mol. The van der Waals surface area contributed by atoms with Gasteiger partial charge in [-0.2, -0.15) is 0 Å². The molecule has 3 heterocycles. The topological polar surface area (TPSA) is 65.3 Å². The van der Waals surface area contributed by atoms with Crippen LogP contribution < -0.4 is 9.64 Å². The number of ether oxygens (including phenoxy) is 2. The summed E-state index contributed by atoms with van der Waals surface area (Å²) in [5, 5.41) is 9.91. The fourth-order valence-corrected chi connectivity index (χ4v) is 4.23. The Labute approximate surface area is 165 Å². The van der Waals surface area contributed by atoms with Gasteiger partial charge in [-0.15, -0.1) is 10.2 Å². The first-order chi connectivity index (χ1) is 13.0. The quantitative estimate of drug-likeness (QED) is 0.672. The van der Waals surface area contributed by atoms with E-state index in [4.69, 9.17) is 9.47 Å². The summed E-state index contributed by atoms with van der Waals surface area (Å²) in [6.07, 6.45) is 1.87. The van der Waals surface area contributed by atoms with Crippen LogP contribution in [0.4, 0.5) is 5.95 Å². The number of hydrogen-bond donors (Lipinski definition) is 0. The van der Waals surface area contributed by atoms with Gasteiger partial charge in [0.05, 0.1) is 26.0 Å². The Morgan fingerprint density at radius 1 is 1.22 bits per heavy atom. The van der Waals surface area contributed by atoms with Crippen LogP contribution in [0.5, 0.6) is 5.75 Å². The van der Waals surface area contributed by atoms with Crippen molar-refractivity contribution < 1.29 is 9.47 Å². The predicted octanol–water partition coefficient (Wildman–Crippen LogP) is 3.08. The van der Waals surface area contributed by atoms with Gasteiger partial charge < -0.3 is 14.4 Å². The Morgan fingerprint density at radius 3 is 2.63 bits per heavy atom. The number of methoxy groups -OCH3 is 1. The second-order valence-electron chi connectivity index (χ2n) is 7.22. The highest BCUT2D eigenvalue weighted by Crippen LogP contribution is 2.30. The van der Waals surface area contributed by atoms with Crippen LogP contribution in [0.3, 0.4) is 0 Å². The van der Waals surface area contributed by atoms with Gasteiger partial charge in [-0.05, 0) is 19.8 Å². The molecule has 0 radical (unpaired) electrons. The van der Waals surface area contributed by atoms with Crippen molar-refractivity contribution in [3.05, 3.63) is 23.0 Å². The van der Waals surface area contributed by atoms with Crippen LogP contribution in [0.25, 0.3) is 0 Å². The fourth-order valence-electron chi connectivity index (χ4n) is 3.26. The summed E-state index contributed by atoms with van der Waals surface area (Å²) in [5.74, 6) is 3.11. The van der Waals surface area contributed by atoms with Crippen LogP contribution in [0, 0.1) is 19.8 Å². The lowest BCUT2D eigenvalue weighted by Gasteiger charge is -2.28. The molecule has 2 aromatic rings. The molecule has 7 nitrogen and oxygen atoms in total. The Balaban J connectivity index is 1.81. The van der Waals surface area contributed by atoms with Crippen LogP contribution in [-0.2, 0) is 17.0 Å². The standard InChI is InChI=1S/C19H29N5O2S/c1-13(2)11-24-18(23-6-8-26-9-7-23)21-22-19(24)27-12-16-15(4)17(25-5)14(3)10-20-16/h10,13H,6-9,11-12H2,1-5H3. The number of nitrogens with zero attached hydrogens (tertiary/aromatic N) is 5. The third-order valence-electron chi connectivity index (χ3n) is 4.63. The second-order valence-corrected chi connectivity index (χ2v) is 8.16. The molecular weight excluding hydrogens is 362 g/mol. The van der Waals surface area contributed by atoms with Gasteiger partial charge in [0, 0.05) is 42.7 Å². The minimum atomic E-state index is 0.513. The number of aryl methyl sites for hydroxylation is 1. The van der Waals surface area contributed by atoms with Crippen molar-refractivity contribution in [1.82, 2.24) is 19.7 Å². The summed E-state index contributed by atoms with van der Waals surface area (Å²) in [6.45, 7) is 12.6. The number of morpholine rings is 1. The number of hydrogen-bond acceptors (Lipinski definition) is 7. The lowest BCUT2D eigenvalue weighted by molar-refractivity contribution is 0.121. The predicted molar refractivity (Wildman–Crippen MR) is 108 cm³/mol. The van der Waals surface area contributed by atoms with Gasteiger partial charge in [-0.25, -0.2) is 0 Å². The monoisotopic (exact) mass is 391 g/mol. The number of rotatable bonds is 7. The normalized spacial score (nSPS) is 14.8. The zero-order valence-corrected chi connectivity index (χ0v) is 17.7. The number of anilines is 1. The molecule has 0 amide bonds. The zero-order valence-electron chi connectivity index (χ0n) is 16.9. The van der Waals surface area contributed by atoms with Crippen LogP contribution in [-0.4, -0.2) is 53.2 Å². The minimum Gasteiger partial charge on any atom is -0.496 e. The molecule has 1 saturated heterocycles. The van der Waals surface area contributed by atoms with E-state index in [1.807, 2.05) is 13.1 Å². The van der Waals surface area contributed by atoms with E-state index in [1.54, 1.807) is 18.9 Å². The summed E-state index contributed by atoms with van der Waals surface area (Å²) in [5.41, 5.74) is 3.17. The molecule has 0 bridgehead atoms. The molecule has 27 heavy (non-hydrogen) atoms. The van der Waals surface area contributed by atoms with Gasteiger partial charge in [0.15, 0.2) is 5.16 Å². The zero-order chi connectivity index (χ0) is 19.4. The molecule has 0 aliphatic carbocycles. The molecule has 2 aromatic heterocycles. The van der Waals surface area contributed by atoms with E-state index in [9.17, 15) is 0 Å². The highest BCUT2D eigenvalue weighted by molar-refractivity contribution is 7.98. The first-order valence-corrected chi connectivity index (χ1v) is 10.4. The molecule has 1 aliphatic rings. The minimum absolute atomic E-state index is 0.513. The molecule has 8 heteroatoms. The van der Waals surface area contributed by atoms with Crippen molar-refractivity contribution in [2.75, 3.05) is 38.3 Å². The molecule has 0 saturated carbocycles. The van der Waals surface area contributed by atoms with Gasteiger partial charge in [0.2, 0.25) is 5.95 Å². The van der Waals surface area contributed by atoms with E-state index in [0.717, 1.165) is 72.3 Å². The van der Waals surface area contributed by atoms with Crippen molar-refractivity contribution >= 4 is 17.7 Å². The van der Waals surface area contributed by atoms with Gasteiger partial charge in [0.25, 0.3) is 0 Å². The smallest absolute Gasteiger partial charge is 0.228 e. The lowest BCUT2D eigenvalue weighted by atomic mass is 10.1. The summed E-state index contributed by atoms with van der Waals surface area (Å²) < 4.78 is 13.2. The van der Waals surface area contributed by atoms with Gasteiger partial charge >= 0.3 is 0 Å². The Morgan fingerprint density at radius 2 is 1.96 bits per heavy atom. The highest BCUT2D eigenvalue weighted by atomic mass is 32.2. The third-order valence-corrected chi connectivity index (χ3v) is 5.60. The summed E-state index contributed by atoms with van der Waals surface area (Å²) in [4.78, 5) is 6.87. The van der Waals surface area contributed by atoms with E-state index < -0.39 is 0 Å². The van der Waals surface area contributed by atoms with E-state index in [2.05, 4.69) is 45.4 Å².